The first-order chi connectivity index (χ1) is 10.2. The largest absolute Gasteiger partial charge is 0.379 e. The van der Waals surface area contributed by atoms with Crippen molar-refractivity contribution in [2.45, 2.75) is 39.7 Å². The van der Waals surface area contributed by atoms with Gasteiger partial charge in [-0.2, -0.15) is 0 Å². The lowest BCUT2D eigenvalue weighted by Gasteiger charge is -2.18. The van der Waals surface area contributed by atoms with Crippen LogP contribution in [0.2, 0.25) is 0 Å². The van der Waals surface area contributed by atoms with Crippen molar-refractivity contribution in [3.63, 3.8) is 0 Å². The van der Waals surface area contributed by atoms with Gasteiger partial charge in [-0.1, -0.05) is 6.92 Å². The number of ether oxygens (including phenoxy) is 1. The molecule has 118 valence electrons. The number of nitrogens with zero attached hydrogens (tertiary/aromatic N) is 3. The summed E-state index contributed by atoms with van der Waals surface area (Å²) in [6, 6.07) is 0. The van der Waals surface area contributed by atoms with Crippen LogP contribution in [0.4, 0.5) is 5.95 Å². The first-order valence-electron chi connectivity index (χ1n) is 8.02. The fourth-order valence-electron chi connectivity index (χ4n) is 2.07. The first-order valence-corrected chi connectivity index (χ1v) is 8.02. The lowest BCUT2D eigenvalue weighted by Crippen LogP contribution is -2.25. The van der Waals surface area contributed by atoms with Crippen molar-refractivity contribution in [1.29, 1.82) is 0 Å². The second kappa shape index (κ2) is 8.29. The number of aromatic nitrogens is 2. The smallest absolute Gasteiger partial charge is 0.225 e. The zero-order valence-corrected chi connectivity index (χ0v) is 13.6. The van der Waals surface area contributed by atoms with E-state index in [1.165, 1.54) is 18.4 Å². The van der Waals surface area contributed by atoms with Crippen LogP contribution in [-0.2, 0) is 11.3 Å². The Bertz CT molecular complexity index is 434. The maximum absolute atomic E-state index is 5.66. The third-order valence-corrected chi connectivity index (χ3v) is 3.77. The highest BCUT2D eigenvalue weighted by molar-refractivity contribution is 5.31. The predicted molar refractivity (Wildman–Crippen MR) is 85.6 cm³/mol. The molecule has 0 unspecified atom stereocenters. The van der Waals surface area contributed by atoms with Gasteiger partial charge in [0.25, 0.3) is 0 Å². The lowest BCUT2D eigenvalue weighted by molar-refractivity contribution is 0.130. The van der Waals surface area contributed by atoms with E-state index in [-0.39, 0.29) is 0 Å². The van der Waals surface area contributed by atoms with Gasteiger partial charge in [0, 0.05) is 44.2 Å². The van der Waals surface area contributed by atoms with Crippen molar-refractivity contribution in [1.82, 2.24) is 15.3 Å². The number of hydrogen-bond donors (Lipinski definition) is 1. The molecule has 1 N–H and O–H groups in total. The van der Waals surface area contributed by atoms with Crippen molar-refractivity contribution >= 4 is 5.95 Å². The molecule has 21 heavy (non-hydrogen) atoms. The maximum atomic E-state index is 5.66. The van der Waals surface area contributed by atoms with Gasteiger partial charge in [-0.15, -0.1) is 0 Å². The van der Waals surface area contributed by atoms with E-state index in [1.54, 1.807) is 0 Å². The van der Waals surface area contributed by atoms with Crippen molar-refractivity contribution in [3.8, 4) is 0 Å². The third-order valence-electron chi connectivity index (χ3n) is 3.77. The molecule has 1 aliphatic rings. The van der Waals surface area contributed by atoms with E-state index in [9.17, 15) is 0 Å². The Balaban J connectivity index is 1.76. The Kier molecular flexibility index (Phi) is 6.39. The molecule has 0 aliphatic heterocycles. The van der Waals surface area contributed by atoms with Gasteiger partial charge >= 0.3 is 0 Å². The predicted octanol–water partition coefficient (Wildman–Crippen LogP) is 2.15. The van der Waals surface area contributed by atoms with E-state index in [0.717, 1.165) is 56.8 Å². The van der Waals surface area contributed by atoms with Gasteiger partial charge in [-0.05, 0) is 38.6 Å². The Morgan fingerprint density at radius 3 is 2.90 bits per heavy atom. The molecule has 0 spiro atoms. The van der Waals surface area contributed by atoms with E-state index in [4.69, 9.17) is 4.74 Å². The molecule has 0 radical (unpaired) electrons. The van der Waals surface area contributed by atoms with Gasteiger partial charge in [0.1, 0.15) is 0 Å². The second-order valence-electron chi connectivity index (χ2n) is 5.90. The molecule has 5 nitrogen and oxygen atoms in total. The van der Waals surface area contributed by atoms with Crippen molar-refractivity contribution in [2.75, 3.05) is 38.3 Å². The zero-order valence-electron chi connectivity index (χ0n) is 13.6. The van der Waals surface area contributed by atoms with E-state index in [0.29, 0.717) is 0 Å². The van der Waals surface area contributed by atoms with Gasteiger partial charge < -0.3 is 15.0 Å². The van der Waals surface area contributed by atoms with Gasteiger partial charge in [0.05, 0.1) is 6.61 Å². The van der Waals surface area contributed by atoms with Crippen molar-refractivity contribution < 1.29 is 4.74 Å². The van der Waals surface area contributed by atoms with E-state index >= 15 is 0 Å². The summed E-state index contributed by atoms with van der Waals surface area (Å²) in [5.41, 5.74) is 2.22. The van der Waals surface area contributed by atoms with Gasteiger partial charge in [0.15, 0.2) is 0 Å². The average Bonchev–Trinajstić information content (AvgIpc) is 3.29. The van der Waals surface area contributed by atoms with Gasteiger partial charge in [0.2, 0.25) is 5.95 Å². The van der Waals surface area contributed by atoms with Crippen LogP contribution >= 0.6 is 0 Å². The Hall–Kier alpha value is -1.20. The van der Waals surface area contributed by atoms with Crippen molar-refractivity contribution in [2.24, 2.45) is 5.92 Å². The van der Waals surface area contributed by atoms with E-state index < -0.39 is 0 Å². The van der Waals surface area contributed by atoms with Crippen LogP contribution in [-0.4, -0.2) is 43.3 Å². The summed E-state index contributed by atoms with van der Waals surface area (Å²) >= 11 is 0. The minimum Gasteiger partial charge on any atom is -0.379 e. The number of rotatable bonds is 10. The molecular weight excluding hydrogens is 264 g/mol. The molecule has 0 amide bonds. The van der Waals surface area contributed by atoms with Crippen LogP contribution in [0.1, 0.15) is 37.4 Å². The van der Waals surface area contributed by atoms with Crippen LogP contribution in [0.3, 0.4) is 0 Å². The monoisotopic (exact) mass is 292 g/mol. The summed E-state index contributed by atoms with van der Waals surface area (Å²) in [6.07, 6.45) is 5.75. The maximum Gasteiger partial charge on any atom is 0.225 e. The second-order valence-corrected chi connectivity index (χ2v) is 5.90. The number of aryl methyl sites for hydroxylation is 1. The van der Waals surface area contributed by atoms with Gasteiger partial charge in [-0.3, -0.25) is 0 Å². The van der Waals surface area contributed by atoms with E-state index in [1.807, 2.05) is 20.2 Å². The molecule has 5 heteroatoms. The normalized spacial score (nSPS) is 14.4. The van der Waals surface area contributed by atoms with E-state index in [2.05, 4.69) is 27.1 Å². The molecule has 0 bridgehead atoms. The van der Waals surface area contributed by atoms with Crippen LogP contribution < -0.4 is 10.2 Å². The summed E-state index contributed by atoms with van der Waals surface area (Å²) in [5.74, 6) is 1.60. The highest BCUT2D eigenvalue weighted by Crippen LogP contribution is 2.28. The molecule has 2 rings (SSSR count). The number of hydrogen-bond acceptors (Lipinski definition) is 5. The molecule has 0 aromatic carbocycles. The highest BCUT2D eigenvalue weighted by Gasteiger charge is 2.21. The molecule has 1 saturated carbocycles. The zero-order chi connectivity index (χ0) is 15.1. The Morgan fingerprint density at radius 1 is 1.43 bits per heavy atom. The number of anilines is 1. The SMILES string of the molecule is CCCNCc1cnc(N(C)CCOCC2CC2)nc1C. The molecule has 1 heterocycles. The molecule has 0 atom stereocenters. The quantitative estimate of drug-likeness (QED) is 0.670. The van der Waals surface area contributed by atoms with Crippen molar-refractivity contribution in [3.05, 3.63) is 17.5 Å². The first kappa shape index (κ1) is 16.2. The third kappa shape index (κ3) is 5.59. The Labute approximate surface area is 128 Å². The van der Waals surface area contributed by atoms with Crippen LogP contribution in [0, 0.1) is 12.8 Å². The summed E-state index contributed by atoms with van der Waals surface area (Å²) in [5, 5.41) is 3.39. The van der Waals surface area contributed by atoms with Gasteiger partial charge in [-0.25, -0.2) is 9.97 Å². The van der Waals surface area contributed by atoms with Crippen LogP contribution in [0.15, 0.2) is 6.20 Å². The summed E-state index contributed by atoms with van der Waals surface area (Å²) < 4.78 is 5.66. The Morgan fingerprint density at radius 2 is 2.24 bits per heavy atom. The molecule has 1 aromatic rings. The lowest BCUT2D eigenvalue weighted by atomic mass is 10.2. The minimum atomic E-state index is 0.745. The fraction of sp³-hybridized carbons (Fsp3) is 0.750. The number of nitrogens with one attached hydrogen (secondary N) is 1. The van der Waals surface area contributed by atoms with Crippen LogP contribution in [0.5, 0.6) is 0 Å². The average molecular weight is 292 g/mol. The number of likely N-dealkylation sites (N-methyl/N-ethyl adjacent to an activating group) is 1. The highest BCUT2D eigenvalue weighted by atomic mass is 16.5. The fourth-order valence-corrected chi connectivity index (χ4v) is 2.07. The molecule has 1 aliphatic carbocycles. The minimum absolute atomic E-state index is 0.745. The topological polar surface area (TPSA) is 50.3 Å². The molecule has 1 fully saturated rings. The van der Waals surface area contributed by atoms with Crippen LogP contribution in [0.25, 0.3) is 0 Å². The molecule has 0 saturated heterocycles. The summed E-state index contributed by atoms with van der Waals surface area (Å²) in [4.78, 5) is 11.1. The molecule has 1 aromatic heterocycles. The molecular formula is C16H28N4O. The summed E-state index contributed by atoms with van der Waals surface area (Å²) in [7, 11) is 2.02. The standard InChI is InChI=1S/C16H28N4O/c1-4-7-17-10-15-11-18-16(19-13(15)2)20(3)8-9-21-12-14-5-6-14/h11,14,17H,4-10,12H2,1-3H3. The summed E-state index contributed by atoms with van der Waals surface area (Å²) in [6.45, 7) is 8.57.